The van der Waals surface area contributed by atoms with Crippen LogP contribution in [-0.2, 0) is 9.59 Å². The number of nitrogens with one attached hydrogen (secondary N) is 1. The van der Waals surface area contributed by atoms with Crippen molar-refractivity contribution in [2.45, 2.75) is 45.1 Å². The maximum absolute atomic E-state index is 12.6. The van der Waals surface area contributed by atoms with Gasteiger partial charge < -0.3 is 10.4 Å². The molecule has 1 aliphatic carbocycles. The second-order valence-electron chi connectivity index (χ2n) is 7.04. The van der Waals surface area contributed by atoms with Gasteiger partial charge in [-0.2, -0.15) is 0 Å². The number of carboxylic acids is 1. The molecule has 0 aromatic carbocycles. The number of likely N-dealkylation sites (tertiary alicyclic amines) is 1. The summed E-state index contributed by atoms with van der Waals surface area (Å²) in [4.78, 5) is 30.5. The van der Waals surface area contributed by atoms with E-state index in [1.807, 2.05) is 19.1 Å². The minimum atomic E-state index is -0.799. The Kier molecular flexibility index (Phi) is 5.14. The van der Waals surface area contributed by atoms with Crippen molar-refractivity contribution in [1.82, 2.24) is 9.88 Å². The van der Waals surface area contributed by atoms with Gasteiger partial charge in [0.2, 0.25) is 5.91 Å². The zero-order valence-electron chi connectivity index (χ0n) is 14.1. The van der Waals surface area contributed by atoms with Crippen molar-refractivity contribution >= 4 is 17.6 Å². The molecule has 0 unspecified atom stereocenters. The van der Waals surface area contributed by atoms with Crippen LogP contribution in [0.5, 0.6) is 0 Å². The van der Waals surface area contributed by atoms with E-state index in [2.05, 4.69) is 15.2 Å². The molecule has 2 atom stereocenters. The quantitative estimate of drug-likeness (QED) is 0.884. The van der Waals surface area contributed by atoms with E-state index in [9.17, 15) is 14.7 Å². The number of amides is 1. The van der Waals surface area contributed by atoms with Crippen molar-refractivity contribution in [1.29, 1.82) is 0 Å². The summed E-state index contributed by atoms with van der Waals surface area (Å²) >= 11 is 0. The van der Waals surface area contributed by atoms with E-state index < -0.39 is 11.9 Å². The largest absolute Gasteiger partial charge is 0.481 e. The molecule has 2 fully saturated rings. The molecule has 3 rings (SSSR count). The second kappa shape index (κ2) is 7.30. The van der Waals surface area contributed by atoms with E-state index in [0.717, 1.165) is 18.5 Å². The van der Waals surface area contributed by atoms with Gasteiger partial charge in [-0.15, -0.1) is 0 Å². The average Bonchev–Trinajstić information content (AvgIpc) is 3.11. The van der Waals surface area contributed by atoms with Crippen LogP contribution in [0.25, 0.3) is 0 Å². The van der Waals surface area contributed by atoms with Gasteiger partial charge in [0.05, 0.1) is 23.7 Å². The normalized spacial score (nSPS) is 25.5. The highest BCUT2D eigenvalue weighted by molar-refractivity contribution is 5.93. The predicted octanol–water partition coefficient (Wildman–Crippen LogP) is 2.29. The summed E-state index contributed by atoms with van der Waals surface area (Å²) in [5.74, 6) is -1.66. The smallest absolute Gasteiger partial charge is 0.307 e. The minimum absolute atomic E-state index is 0.102. The molecule has 1 aliphatic heterocycles. The molecule has 1 amide bonds. The first-order chi connectivity index (χ1) is 11.5. The van der Waals surface area contributed by atoms with Gasteiger partial charge in [-0.25, -0.2) is 0 Å². The van der Waals surface area contributed by atoms with Gasteiger partial charge in [-0.05, 0) is 38.3 Å². The highest BCUT2D eigenvalue weighted by Gasteiger charge is 2.38. The fraction of sp³-hybridized carbons (Fsp3) is 0.611. The number of rotatable bonds is 4. The van der Waals surface area contributed by atoms with Crippen molar-refractivity contribution in [2.24, 2.45) is 11.8 Å². The van der Waals surface area contributed by atoms with Crippen molar-refractivity contribution in [3.05, 3.63) is 24.0 Å². The molecule has 6 nitrogen and oxygen atoms in total. The highest BCUT2D eigenvalue weighted by atomic mass is 16.4. The summed E-state index contributed by atoms with van der Waals surface area (Å²) in [6.45, 7) is 3.11. The first-order valence-corrected chi connectivity index (χ1v) is 8.73. The molecule has 6 heteroatoms. The standard InChI is InChI=1S/C18H25N3O3/c1-12-6-7-15(9-19-12)20-17(22)13-8-14(18(23)24)11-21(10-13)16-4-2-3-5-16/h6-7,9,13-14,16H,2-5,8,10-11H2,1H3,(H,20,22)(H,23,24)/t13-,14-/m0/s1. The third-order valence-electron chi connectivity index (χ3n) is 5.22. The summed E-state index contributed by atoms with van der Waals surface area (Å²) in [5, 5.41) is 12.3. The molecule has 2 heterocycles. The molecular weight excluding hydrogens is 306 g/mol. The number of nitrogens with zero attached hydrogens (tertiary/aromatic N) is 2. The molecular formula is C18H25N3O3. The number of anilines is 1. The number of piperidine rings is 1. The van der Waals surface area contributed by atoms with Gasteiger partial charge in [0.1, 0.15) is 0 Å². The maximum atomic E-state index is 12.6. The van der Waals surface area contributed by atoms with Gasteiger partial charge >= 0.3 is 5.97 Å². The number of pyridine rings is 1. The lowest BCUT2D eigenvalue weighted by molar-refractivity contribution is -0.145. The summed E-state index contributed by atoms with van der Waals surface area (Å²) in [6.07, 6.45) is 6.67. The van der Waals surface area contributed by atoms with Gasteiger partial charge in [-0.3, -0.25) is 19.5 Å². The first kappa shape index (κ1) is 16.9. The second-order valence-corrected chi connectivity index (χ2v) is 7.04. The number of carbonyl (C=O) groups is 2. The molecule has 130 valence electrons. The van der Waals surface area contributed by atoms with Crippen molar-refractivity contribution < 1.29 is 14.7 Å². The molecule has 2 aliphatic rings. The van der Waals surface area contributed by atoms with E-state index in [1.54, 1.807) is 6.20 Å². The first-order valence-electron chi connectivity index (χ1n) is 8.73. The van der Waals surface area contributed by atoms with Crippen molar-refractivity contribution in [2.75, 3.05) is 18.4 Å². The van der Waals surface area contributed by atoms with E-state index in [0.29, 0.717) is 31.2 Å². The Balaban J connectivity index is 1.68. The Morgan fingerprint density at radius 2 is 1.92 bits per heavy atom. The van der Waals surface area contributed by atoms with E-state index in [1.165, 1.54) is 12.8 Å². The Hall–Kier alpha value is -1.95. The number of carboxylic acid groups (broad SMARTS) is 1. The van der Waals surface area contributed by atoms with Gasteiger partial charge in [-0.1, -0.05) is 12.8 Å². The average molecular weight is 331 g/mol. The van der Waals surface area contributed by atoms with Gasteiger partial charge in [0.25, 0.3) is 0 Å². The van der Waals surface area contributed by atoms with Crippen LogP contribution in [0.2, 0.25) is 0 Å². The molecule has 0 bridgehead atoms. The molecule has 1 aromatic heterocycles. The van der Waals surface area contributed by atoms with Crippen LogP contribution in [0.3, 0.4) is 0 Å². The summed E-state index contributed by atoms with van der Waals surface area (Å²) < 4.78 is 0. The lowest BCUT2D eigenvalue weighted by Gasteiger charge is -2.39. The van der Waals surface area contributed by atoms with Gasteiger partial charge in [0, 0.05) is 24.8 Å². The topological polar surface area (TPSA) is 82.5 Å². The third-order valence-corrected chi connectivity index (χ3v) is 5.22. The van der Waals surface area contributed by atoms with Crippen LogP contribution >= 0.6 is 0 Å². The summed E-state index contributed by atoms with van der Waals surface area (Å²) in [7, 11) is 0. The Morgan fingerprint density at radius 1 is 1.21 bits per heavy atom. The lowest BCUT2D eigenvalue weighted by atomic mass is 9.87. The number of hydrogen-bond acceptors (Lipinski definition) is 4. The SMILES string of the molecule is Cc1ccc(NC(=O)[C@H]2C[C@H](C(=O)O)CN(C3CCCC3)C2)cn1. The van der Waals surface area contributed by atoms with Gasteiger partial charge in [0.15, 0.2) is 0 Å². The third kappa shape index (κ3) is 3.93. The molecule has 1 saturated heterocycles. The molecule has 24 heavy (non-hydrogen) atoms. The molecule has 0 spiro atoms. The highest BCUT2D eigenvalue weighted by Crippen LogP contribution is 2.31. The molecule has 0 radical (unpaired) electrons. The minimum Gasteiger partial charge on any atom is -0.481 e. The maximum Gasteiger partial charge on any atom is 0.307 e. The Bertz CT molecular complexity index is 596. The number of hydrogen-bond donors (Lipinski definition) is 2. The number of aryl methyl sites for hydroxylation is 1. The fourth-order valence-electron chi connectivity index (χ4n) is 3.86. The van der Waals surface area contributed by atoms with Crippen LogP contribution in [0, 0.1) is 18.8 Å². The van der Waals surface area contributed by atoms with Crippen molar-refractivity contribution in [3.63, 3.8) is 0 Å². The zero-order chi connectivity index (χ0) is 17.1. The van der Waals surface area contributed by atoms with Crippen LogP contribution in [0.4, 0.5) is 5.69 Å². The summed E-state index contributed by atoms with van der Waals surface area (Å²) in [6, 6.07) is 4.11. The van der Waals surface area contributed by atoms with Crippen molar-refractivity contribution in [3.8, 4) is 0 Å². The van der Waals surface area contributed by atoms with Crippen LogP contribution in [-0.4, -0.2) is 46.0 Å². The molecule has 2 N–H and O–H groups in total. The van der Waals surface area contributed by atoms with Crippen LogP contribution in [0.1, 0.15) is 37.8 Å². The predicted molar refractivity (Wildman–Crippen MR) is 90.7 cm³/mol. The zero-order valence-corrected chi connectivity index (χ0v) is 14.1. The van der Waals surface area contributed by atoms with E-state index >= 15 is 0 Å². The summed E-state index contributed by atoms with van der Waals surface area (Å²) in [5.41, 5.74) is 1.56. The monoisotopic (exact) mass is 331 g/mol. The lowest BCUT2D eigenvalue weighted by Crippen LogP contribution is -2.50. The Morgan fingerprint density at radius 3 is 2.54 bits per heavy atom. The fourth-order valence-corrected chi connectivity index (χ4v) is 3.86. The number of carbonyl (C=O) groups excluding carboxylic acids is 1. The van der Waals surface area contributed by atoms with E-state index in [4.69, 9.17) is 0 Å². The molecule has 1 aromatic rings. The van der Waals surface area contributed by atoms with E-state index in [-0.39, 0.29) is 11.8 Å². The van der Waals surface area contributed by atoms with Crippen LogP contribution in [0.15, 0.2) is 18.3 Å². The molecule has 1 saturated carbocycles. The van der Waals surface area contributed by atoms with Crippen LogP contribution < -0.4 is 5.32 Å². The number of aromatic nitrogens is 1. The Labute approximate surface area is 142 Å². The number of aliphatic carboxylic acids is 1.